The van der Waals surface area contributed by atoms with E-state index in [0.717, 1.165) is 69.1 Å². The molecule has 5 aliphatic rings. The molecular formula is C33H36F4N6O2. The first kappa shape index (κ1) is 30.0. The lowest BCUT2D eigenvalue weighted by atomic mass is 9.90. The number of halogens is 4. The third-order valence-corrected chi connectivity index (χ3v) is 9.70. The lowest BCUT2D eigenvalue weighted by molar-refractivity contribution is -0.140. The highest BCUT2D eigenvalue weighted by Gasteiger charge is 2.48. The molecule has 6 heterocycles. The monoisotopic (exact) mass is 624 g/mol. The Labute approximate surface area is 259 Å². The van der Waals surface area contributed by atoms with Crippen molar-refractivity contribution in [1.82, 2.24) is 20.2 Å². The van der Waals surface area contributed by atoms with Crippen LogP contribution in [-0.4, -0.2) is 65.3 Å². The molecule has 0 aliphatic carbocycles. The quantitative estimate of drug-likeness (QED) is 0.215. The molecule has 1 aromatic heterocycles. The zero-order chi connectivity index (χ0) is 31.7. The molecule has 12 heteroatoms. The van der Waals surface area contributed by atoms with Crippen molar-refractivity contribution in [3.05, 3.63) is 64.1 Å². The number of hydrogen-bond donors (Lipinski definition) is 2. The highest BCUT2D eigenvalue weighted by molar-refractivity contribution is 5.59. The number of nitrogens with one attached hydrogen (secondary N) is 1. The fourth-order valence-electron chi connectivity index (χ4n) is 7.91. The average Bonchev–Trinajstić information content (AvgIpc) is 3.58. The van der Waals surface area contributed by atoms with Crippen LogP contribution in [0.3, 0.4) is 0 Å². The van der Waals surface area contributed by atoms with Crippen molar-refractivity contribution in [2.24, 2.45) is 0 Å². The van der Waals surface area contributed by atoms with E-state index in [-0.39, 0.29) is 24.6 Å². The highest BCUT2D eigenvalue weighted by atomic mass is 19.4. The van der Waals surface area contributed by atoms with Gasteiger partial charge in [0.05, 0.1) is 35.2 Å². The van der Waals surface area contributed by atoms with Gasteiger partial charge in [-0.15, -0.1) is 5.92 Å². The second kappa shape index (κ2) is 11.0. The van der Waals surface area contributed by atoms with Crippen molar-refractivity contribution in [1.29, 1.82) is 0 Å². The maximum absolute atomic E-state index is 15.6. The summed E-state index contributed by atoms with van der Waals surface area (Å²) in [5.41, 5.74) is 6.34. The first-order valence-corrected chi connectivity index (χ1v) is 15.3. The van der Waals surface area contributed by atoms with Crippen molar-refractivity contribution in [3.8, 4) is 17.9 Å². The van der Waals surface area contributed by atoms with Gasteiger partial charge in [-0.1, -0.05) is 30.2 Å². The second-order valence-corrected chi connectivity index (χ2v) is 13.0. The molecule has 1 aromatic carbocycles. The van der Waals surface area contributed by atoms with Gasteiger partial charge in [0, 0.05) is 61.4 Å². The maximum Gasteiger partial charge on any atom is 0.418 e. The van der Waals surface area contributed by atoms with Gasteiger partial charge in [0.2, 0.25) is 0 Å². The van der Waals surface area contributed by atoms with Gasteiger partial charge in [-0.2, -0.15) is 23.1 Å². The largest absolute Gasteiger partial charge is 0.461 e. The van der Waals surface area contributed by atoms with Gasteiger partial charge in [0.15, 0.2) is 5.82 Å². The molecule has 0 radical (unpaired) electrons. The van der Waals surface area contributed by atoms with Gasteiger partial charge in [0.1, 0.15) is 12.4 Å². The molecule has 2 bridgehead atoms. The van der Waals surface area contributed by atoms with E-state index in [9.17, 15) is 13.2 Å². The Bertz CT molecular complexity index is 1610. The third kappa shape index (κ3) is 5.34. The lowest BCUT2D eigenvalue weighted by Gasteiger charge is -2.37. The summed E-state index contributed by atoms with van der Waals surface area (Å²) in [6, 6.07) is 1.69. The van der Waals surface area contributed by atoms with Gasteiger partial charge in [-0.05, 0) is 38.7 Å². The van der Waals surface area contributed by atoms with E-state index in [0.29, 0.717) is 35.8 Å². The Morgan fingerprint density at radius 3 is 2.49 bits per heavy atom. The average molecular weight is 625 g/mol. The minimum Gasteiger partial charge on any atom is -0.461 e. The molecule has 3 N–H and O–H groups in total. The Balaban J connectivity index is 1.27. The predicted molar refractivity (Wildman–Crippen MR) is 161 cm³/mol. The Morgan fingerprint density at radius 1 is 1.16 bits per heavy atom. The van der Waals surface area contributed by atoms with Gasteiger partial charge in [0.25, 0.3) is 0 Å². The Kier molecular flexibility index (Phi) is 7.34. The van der Waals surface area contributed by atoms with E-state index in [2.05, 4.69) is 40.1 Å². The number of aromatic nitrogens is 2. The lowest BCUT2D eigenvalue weighted by Crippen LogP contribution is -2.52. The molecule has 0 saturated carbocycles. The molecule has 2 aromatic rings. The minimum atomic E-state index is -4.89. The van der Waals surface area contributed by atoms with Crippen LogP contribution in [0.25, 0.3) is 0 Å². The number of ether oxygens (including phenoxy) is 2. The number of alkyl halides is 3. The standard InChI is InChI=1S/C33H36F4N6O2/c1-4-5-20-8-24(38)29(34)27(28(20)33(35,36)37)26-9-25-23(16-44-26)30(42-14-21-6-7-22(15-42)39-21)41-31(40-25)45-17-32-10-18(2)12-43(32)13-19(3)11-32/h8,21-22,26,39H,2-3,6-7,9-17,38H2,1H3/t21?,22?,26-/m0/s1. The van der Waals surface area contributed by atoms with Crippen LogP contribution >= 0.6 is 0 Å². The molecule has 8 nitrogen and oxygen atoms in total. The van der Waals surface area contributed by atoms with Crippen molar-refractivity contribution >= 4 is 11.5 Å². The number of benzene rings is 1. The van der Waals surface area contributed by atoms with E-state index in [1.807, 2.05) is 0 Å². The fraction of sp³-hybridized carbons (Fsp3) is 0.515. The molecule has 0 spiro atoms. The van der Waals surface area contributed by atoms with Crippen LogP contribution in [-0.2, 0) is 23.9 Å². The van der Waals surface area contributed by atoms with Gasteiger partial charge in [-0.3, -0.25) is 4.90 Å². The van der Waals surface area contributed by atoms with Crippen molar-refractivity contribution in [2.75, 3.05) is 43.4 Å². The normalized spacial score (nSPS) is 25.6. The topological polar surface area (TPSA) is 88.8 Å². The van der Waals surface area contributed by atoms with Crippen LogP contribution in [0, 0.1) is 17.7 Å². The summed E-state index contributed by atoms with van der Waals surface area (Å²) in [6.07, 6.45) is -2.64. The number of anilines is 2. The number of fused-ring (bicyclic) bond motifs is 4. The second-order valence-electron chi connectivity index (χ2n) is 13.0. The Hall–Kier alpha value is -3.66. The SMILES string of the molecule is C=C1CN2CC(=C)CC2(COc2nc3c(c(N4CC5CCC(C4)N5)n2)CO[C@H](c2c(F)c(N)cc(C#CC)c2C(F)(F)F)C3)C1. The van der Waals surface area contributed by atoms with Crippen LogP contribution in [0.5, 0.6) is 6.01 Å². The molecule has 2 unspecified atom stereocenters. The van der Waals surface area contributed by atoms with E-state index in [1.54, 1.807) is 0 Å². The third-order valence-electron chi connectivity index (χ3n) is 9.70. The van der Waals surface area contributed by atoms with E-state index < -0.39 is 40.5 Å². The van der Waals surface area contributed by atoms with Crippen LogP contribution in [0.4, 0.5) is 29.1 Å². The van der Waals surface area contributed by atoms with Gasteiger partial charge < -0.3 is 25.4 Å². The molecular weight excluding hydrogens is 588 g/mol. The van der Waals surface area contributed by atoms with Crippen molar-refractivity contribution in [3.63, 3.8) is 0 Å². The smallest absolute Gasteiger partial charge is 0.418 e. The van der Waals surface area contributed by atoms with Crippen LogP contribution in [0.1, 0.15) is 66.7 Å². The number of rotatable bonds is 5. The summed E-state index contributed by atoms with van der Waals surface area (Å²) in [5.74, 6) is 4.41. The number of piperazine rings is 1. The summed E-state index contributed by atoms with van der Waals surface area (Å²) in [4.78, 5) is 14.1. The summed E-state index contributed by atoms with van der Waals surface area (Å²) < 4.78 is 71.3. The summed E-state index contributed by atoms with van der Waals surface area (Å²) in [7, 11) is 0. The van der Waals surface area contributed by atoms with E-state index in [4.69, 9.17) is 25.2 Å². The number of nitrogens with two attached hydrogens (primary N) is 1. The van der Waals surface area contributed by atoms with Crippen molar-refractivity contribution < 1.29 is 27.0 Å². The summed E-state index contributed by atoms with van der Waals surface area (Å²) in [5, 5.41) is 3.61. The first-order valence-electron chi connectivity index (χ1n) is 15.3. The molecule has 7 rings (SSSR count). The van der Waals surface area contributed by atoms with Gasteiger partial charge >= 0.3 is 12.2 Å². The molecule has 5 aliphatic heterocycles. The summed E-state index contributed by atoms with van der Waals surface area (Å²) >= 11 is 0. The van der Waals surface area contributed by atoms with E-state index in [1.165, 1.54) is 6.92 Å². The molecule has 238 valence electrons. The zero-order valence-electron chi connectivity index (χ0n) is 25.2. The Morgan fingerprint density at radius 2 is 1.84 bits per heavy atom. The predicted octanol–water partition coefficient (Wildman–Crippen LogP) is 4.68. The maximum atomic E-state index is 15.6. The molecule has 4 fully saturated rings. The number of nitrogen functional groups attached to an aromatic ring is 1. The van der Waals surface area contributed by atoms with Crippen molar-refractivity contribution in [2.45, 2.75) is 75.5 Å². The van der Waals surface area contributed by atoms with Crippen LogP contribution in [0.2, 0.25) is 0 Å². The minimum absolute atomic E-state index is 0.0907. The fourth-order valence-corrected chi connectivity index (χ4v) is 7.91. The summed E-state index contributed by atoms with van der Waals surface area (Å²) in [6.45, 7) is 13.0. The van der Waals surface area contributed by atoms with Crippen LogP contribution < -0.4 is 20.7 Å². The molecule has 3 atom stereocenters. The zero-order valence-corrected chi connectivity index (χ0v) is 25.2. The first-order chi connectivity index (χ1) is 21.4. The number of hydrogen-bond acceptors (Lipinski definition) is 8. The molecule has 45 heavy (non-hydrogen) atoms. The highest BCUT2D eigenvalue weighted by Crippen LogP contribution is 2.46. The van der Waals surface area contributed by atoms with Crippen LogP contribution in [0.15, 0.2) is 30.4 Å². The van der Waals surface area contributed by atoms with E-state index >= 15 is 4.39 Å². The number of nitrogens with zero attached hydrogens (tertiary/aromatic N) is 4. The molecule has 0 amide bonds. The van der Waals surface area contributed by atoms with Gasteiger partial charge in [-0.25, -0.2) is 4.39 Å². The molecule has 4 saturated heterocycles.